The summed E-state index contributed by atoms with van der Waals surface area (Å²) < 4.78 is 13.6. The van der Waals surface area contributed by atoms with Gasteiger partial charge in [-0.15, -0.1) is 0 Å². The zero-order chi connectivity index (χ0) is 23.5. The fraction of sp³-hybridized carbons (Fsp3) is 0.280. The number of carbonyl (C=O) groups is 2. The van der Waals surface area contributed by atoms with Crippen LogP contribution < -0.4 is 20.0 Å². The molecule has 1 N–H and O–H groups in total. The van der Waals surface area contributed by atoms with Gasteiger partial charge in [0.1, 0.15) is 23.8 Å². The van der Waals surface area contributed by atoms with Crippen LogP contribution in [0.2, 0.25) is 0 Å². The van der Waals surface area contributed by atoms with Crippen LogP contribution in [-0.4, -0.2) is 54.5 Å². The van der Waals surface area contributed by atoms with E-state index in [1.807, 2.05) is 18.2 Å². The molecule has 0 radical (unpaired) electrons. The van der Waals surface area contributed by atoms with E-state index in [9.17, 15) is 14.0 Å². The first-order valence-electron chi connectivity index (χ1n) is 11.3. The summed E-state index contributed by atoms with van der Waals surface area (Å²) in [6, 6.07) is 17.9. The number of piperazine rings is 1. The predicted octanol–water partition coefficient (Wildman–Crippen LogP) is 2.93. The molecule has 0 spiro atoms. The van der Waals surface area contributed by atoms with Gasteiger partial charge in [0.05, 0.1) is 5.92 Å². The molecule has 3 aromatic rings. The Balaban J connectivity index is 1.20. The number of hydrogen-bond donors (Lipinski definition) is 1. The van der Waals surface area contributed by atoms with Crippen molar-refractivity contribution >= 4 is 34.8 Å². The zero-order valence-corrected chi connectivity index (χ0v) is 18.6. The summed E-state index contributed by atoms with van der Waals surface area (Å²) in [5.74, 6) is -0.296. The maximum Gasteiger partial charge on any atom is 0.230 e. The van der Waals surface area contributed by atoms with Crippen molar-refractivity contribution in [2.45, 2.75) is 6.42 Å². The van der Waals surface area contributed by atoms with E-state index in [0.717, 1.165) is 32.0 Å². The number of aromatic nitrogens is 2. The van der Waals surface area contributed by atoms with Gasteiger partial charge >= 0.3 is 0 Å². The SMILES string of the molecule is O=C(Nc1cc(N2CCN(c3ccccc3)CC2)ncn1)C1CC(=O)N(c2cccc(F)c2)C1. The van der Waals surface area contributed by atoms with Crippen molar-refractivity contribution in [3.8, 4) is 0 Å². The fourth-order valence-electron chi connectivity index (χ4n) is 4.43. The topological polar surface area (TPSA) is 81.7 Å². The van der Waals surface area contributed by atoms with Gasteiger partial charge in [-0.25, -0.2) is 14.4 Å². The van der Waals surface area contributed by atoms with Gasteiger partial charge in [-0.3, -0.25) is 9.59 Å². The Bertz CT molecular complexity index is 1180. The fourth-order valence-corrected chi connectivity index (χ4v) is 4.43. The molecule has 0 aliphatic carbocycles. The summed E-state index contributed by atoms with van der Waals surface area (Å²) in [7, 11) is 0. The molecule has 2 aromatic carbocycles. The lowest BCUT2D eigenvalue weighted by Crippen LogP contribution is -2.46. The molecule has 0 saturated carbocycles. The molecule has 1 aromatic heterocycles. The van der Waals surface area contributed by atoms with E-state index in [1.165, 1.54) is 29.0 Å². The van der Waals surface area contributed by atoms with Gasteiger partial charge in [-0.1, -0.05) is 24.3 Å². The second kappa shape index (κ2) is 9.46. The first-order chi connectivity index (χ1) is 16.6. The third-order valence-corrected chi connectivity index (χ3v) is 6.24. The number of amides is 2. The van der Waals surface area contributed by atoms with Crippen LogP contribution in [0.3, 0.4) is 0 Å². The number of halogens is 1. The molecular weight excluding hydrogens is 435 g/mol. The lowest BCUT2D eigenvalue weighted by Gasteiger charge is -2.36. The second-order valence-electron chi connectivity index (χ2n) is 8.45. The maximum absolute atomic E-state index is 13.6. The summed E-state index contributed by atoms with van der Waals surface area (Å²) in [5.41, 5.74) is 1.66. The first-order valence-corrected chi connectivity index (χ1v) is 11.3. The molecule has 1 unspecified atom stereocenters. The van der Waals surface area contributed by atoms with Crippen molar-refractivity contribution in [2.24, 2.45) is 5.92 Å². The number of para-hydroxylation sites is 1. The Kier molecular flexibility index (Phi) is 6.07. The molecule has 2 amide bonds. The van der Waals surface area contributed by atoms with Crippen LogP contribution in [0, 0.1) is 11.7 Å². The largest absolute Gasteiger partial charge is 0.368 e. The van der Waals surface area contributed by atoms with Gasteiger partial charge < -0.3 is 20.0 Å². The van der Waals surface area contributed by atoms with E-state index in [2.05, 4.69) is 37.2 Å². The van der Waals surface area contributed by atoms with Crippen molar-refractivity contribution in [3.63, 3.8) is 0 Å². The Hall–Kier alpha value is -4.01. The molecular formula is C25H25FN6O2. The molecule has 0 bridgehead atoms. The van der Waals surface area contributed by atoms with E-state index in [0.29, 0.717) is 11.5 Å². The molecule has 5 rings (SSSR count). The quantitative estimate of drug-likeness (QED) is 0.631. The Morgan fingerprint density at radius 3 is 2.41 bits per heavy atom. The predicted molar refractivity (Wildman–Crippen MR) is 128 cm³/mol. The van der Waals surface area contributed by atoms with Crippen molar-refractivity contribution < 1.29 is 14.0 Å². The number of rotatable bonds is 5. The monoisotopic (exact) mass is 460 g/mol. The van der Waals surface area contributed by atoms with Gasteiger partial charge in [-0.05, 0) is 30.3 Å². The van der Waals surface area contributed by atoms with E-state index in [4.69, 9.17) is 0 Å². The molecule has 174 valence electrons. The Labute approximate surface area is 197 Å². The van der Waals surface area contributed by atoms with Gasteiger partial charge in [0.15, 0.2) is 0 Å². The lowest BCUT2D eigenvalue weighted by molar-refractivity contribution is -0.122. The maximum atomic E-state index is 13.6. The number of nitrogens with one attached hydrogen (secondary N) is 1. The van der Waals surface area contributed by atoms with Crippen LogP contribution in [0.25, 0.3) is 0 Å². The zero-order valence-electron chi connectivity index (χ0n) is 18.6. The van der Waals surface area contributed by atoms with Crippen LogP contribution in [0.5, 0.6) is 0 Å². The molecule has 2 saturated heterocycles. The highest BCUT2D eigenvalue weighted by Crippen LogP contribution is 2.27. The third kappa shape index (κ3) is 4.68. The minimum atomic E-state index is -0.538. The highest BCUT2D eigenvalue weighted by atomic mass is 19.1. The van der Waals surface area contributed by atoms with Gasteiger partial charge in [0.2, 0.25) is 11.8 Å². The van der Waals surface area contributed by atoms with Gasteiger partial charge in [0, 0.05) is 56.6 Å². The molecule has 8 nitrogen and oxygen atoms in total. The molecule has 2 fully saturated rings. The Morgan fingerprint density at radius 2 is 1.65 bits per heavy atom. The van der Waals surface area contributed by atoms with Crippen molar-refractivity contribution in [2.75, 3.05) is 52.7 Å². The number of nitrogens with zero attached hydrogens (tertiary/aromatic N) is 5. The minimum absolute atomic E-state index is 0.0712. The van der Waals surface area contributed by atoms with Crippen molar-refractivity contribution in [1.29, 1.82) is 0 Å². The third-order valence-electron chi connectivity index (χ3n) is 6.24. The first kappa shape index (κ1) is 21.8. The molecule has 3 heterocycles. The summed E-state index contributed by atoms with van der Waals surface area (Å²) in [6.45, 7) is 3.55. The van der Waals surface area contributed by atoms with Crippen molar-refractivity contribution in [1.82, 2.24) is 9.97 Å². The molecule has 2 aliphatic rings. The summed E-state index contributed by atoms with van der Waals surface area (Å²) >= 11 is 0. The van der Waals surface area contributed by atoms with Crippen LogP contribution in [0.1, 0.15) is 6.42 Å². The normalized spacial score (nSPS) is 18.3. The summed E-state index contributed by atoms with van der Waals surface area (Å²) in [5, 5.41) is 2.82. The summed E-state index contributed by atoms with van der Waals surface area (Å²) in [6.07, 6.45) is 1.51. The number of hydrogen-bond acceptors (Lipinski definition) is 6. The van der Waals surface area contributed by atoms with E-state index in [1.54, 1.807) is 18.2 Å². The minimum Gasteiger partial charge on any atom is -0.368 e. The number of anilines is 4. The molecule has 34 heavy (non-hydrogen) atoms. The average Bonchev–Trinajstić information content (AvgIpc) is 3.27. The lowest BCUT2D eigenvalue weighted by atomic mass is 10.1. The molecule has 1 atom stereocenters. The smallest absolute Gasteiger partial charge is 0.230 e. The van der Waals surface area contributed by atoms with Crippen LogP contribution in [-0.2, 0) is 9.59 Å². The number of carbonyl (C=O) groups excluding carboxylic acids is 2. The second-order valence-corrected chi connectivity index (χ2v) is 8.45. The van der Waals surface area contributed by atoms with E-state index < -0.39 is 11.7 Å². The van der Waals surface area contributed by atoms with E-state index >= 15 is 0 Å². The molecule has 2 aliphatic heterocycles. The Morgan fingerprint density at radius 1 is 0.912 bits per heavy atom. The van der Waals surface area contributed by atoms with Crippen LogP contribution >= 0.6 is 0 Å². The van der Waals surface area contributed by atoms with Gasteiger partial charge in [-0.2, -0.15) is 0 Å². The van der Waals surface area contributed by atoms with Crippen molar-refractivity contribution in [3.05, 3.63) is 72.8 Å². The standard InChI is InChI=1S/C25H25FN6O2/c26-19-5-4-8-21(14-19)32-16-18(13-24(32)33)25(34)29-22-15-23(28-17-27-22)31-11-9-30(10-12-31)20-6-2-1-3-7-20/h1-8,14-15,17-18H,9-13,16H2,(H,27,28,29,34). The van der Waals surface area contributed by atoms with Crippen LogP contribution in [0.15, 0.2) is 67.0 Å². The van der Waals surface area contributed by atoms with Gasteiger partial charge in [0.25, 0.3) is 0 Å². The van der Waals surface area contributed by atoms with Crippen LogP contribution in [0.4, 0.5) is 27.4 Å². The van der Waals surface area contributed by atoms with E-state index in [-0.39, 0.29) is 24.8 Å². The summed E-state index contributed by atoms with van der Waals surface area (Å²) in [4.78, 5) is 39.8. The number of benzene rings is 2. The molecule has 9 heteroatoms. The highest BCUT2D eigenvalue weighted by Gasteiger charge is 2.35. The highest BCUT2D eigenvalue weighted by molar-refractivity contribution is 6.03. The average molecular weight is 461 g/mol.